The number of benzene rings is 2. The van der Waals surface area contributed by atoms with Crippen molar-refractivity contribution < 1.29 is 9.53 Å². The van der Waals surface area contributed by atoms with Crippen molar-refractivity contribution in [3.8, 4) is 5.75 Å². The maximum atomic E-state index is 12.8. The van der Waals surface area contributed by atoms with Gasteiger partial charge in [-0.25, -0.2) is 0 Å². The molecule has 1 aliphatic heterocycles. The number of anilines is 1. The third-order valence-corrected chi connectivity index (χ3v) is 5.82. The molecule has 1 saturated heterocycles. The smallest absolute Gasteiger partial charge is 0.235 e. The fourth-order valence-electron chi connectivity index (χ4n) is 3.02. The van der Waals surface area contributed by atoms with Crippen molar-refractivity contribution in [2.24, 2.45) is 0 Å². The van der Waals surface area contributed by atoms with E-state index in [1.165, 1.54) is 0 Å². The summed E-state index contributed by atoms with van der Waals surface area (Å²) in [6.07, 6.45) is 0. The van der Waals surface area contributed by atoms with Gasteiger partial charge in [0.1, 0.15) is 5.75 Å². The van der Waals surface area contributed by atoms with Crippen LogP contribution < -0.4 is 9.64 Å². The van der Waals surface area contributed by atoms with Crippen LogP contribution in [0.2, 0.25) is 5.02 Å². The van der Waals surface area contributed by atoms with E-state index in [9.17, 15) is 4.79 Å². The van der Waals surface area contributed by atoms with Crippen molar-refractivity contribution in [3.05, 3.63) is 53.6 Å². The average molecular weight is 391 g/mol. The van der Waals surface area contributed by atoms with Crippen molar-refractivity contribution in [2.75, 3.05) is 38.2 Å². The van der Waals surface area contributed by atoms with E-state index in [1.54, 1.807) is 18.9 Å². The fourth-order valence-corrected chi connectivity index (χ4v) is 4.16. The number of nitrogens with zero attached hydrogens (tertiary/aromatic N) is 2. The van der Waals surface area contributed by atoms with Gasteiger partial charge in [0.25, 0.3) is 0 Å². The summed E-state index contributed by atoms with van der Waals surface area (Å²) in [5.74, 6) is 1.02. The lowest BCUT2D eigenvalue weighted by atomic mass is 10.2. The zero-order chi connectivity index (χ0) is 18.5. The summed E-state index contributed by atoms with van der Waals surface area (Å²) in [6.45, 7) is 5.09. The summed E-state index contributed by atoms with van der Waals surface area (Å²) in [7, 11) is 1.65. The molecule has 1 atom stereocenters. The highest BCUT2D eigenvalue weighted by Crippen LogP contribution is 2.27. The SMILES string of the molecule is COc1ccc(S[C@H](C)C(=O)N2CCN(c3cccc(Cl)c3)CC2)cc1. The van der Waals surface area contributed by atoms with E-state index in [1.807, 2.05) is 54.3 Å². The number of thioether (sulfide) groups is 1. The lowest BCUT2D eigenvalue weighted by Crippen LogP contribution is -2.50. The van der Waals surface area contributed by atoms with Crippen molar-refractivity contribution in [3.63, 3.8) is 0 Å². The van der Waals surface area contributed by atoms with Gasteiger partial charge in [0.15, 0.2) is 0 Å². The molecule has 6 heteroatoms. The van der Waals surface area contributed by atoms with Gasteiger partial charge in [-0.2, -0.15) is 0 Å². The first kappa shape index (κ1) is 18.9. The summed E-state index contributed by atoms with van der Waals surface area (Å²) in [4.78, 5) is 18.1. The minimum atomic E-state index is -0.110. The number of methoxy groups -OCH3 is 1. The van der Waals surface area contributed by atoms with E-state index in [4.69, 9.17) is 16.3 Å². The Kier molecular flexibility index (Phi) is 6.33. The molecule has 3 rings (SSSR count). The number of carbonyl (C=O) groups excluding carboxylic acids is 1. The third kappa shape index (κ3) is 4.65. The molecule has 2 aromatic carbocycles. The Morgan fingerprint density at radius 1 is 1.12 bits per heavy atom. The Labute approximate surface area is 164 Å². The monoisotopic (exact) mass is 390 g/mol. The highest BCUT2D eigenvalue weighted by atomic mass is 35.5. The van der Waals surface area contributed by atoms with Crippen LogP contribution >= 0.6 is 23.4 Å². The number of piperazine rings is 1. The van der Waals surface area contributed by atoms with Crippen molar-refractivity contribution in [1.29, 1.82) is 0 Å². The van der Waals surface area contributed by atoms with Gasteiger partial charge in [0, 0.05) is 41.8 Å². The average Bonchev–Trinajstić information content (AvgIpc) is 2.68. The van der Waals surface area contributed by atoms with E-state index in [2.05, 4.69) is 11.0 Å². The summed E-state index contributed by atoms with van der Waals surface area (Å²) in [6, 6.07) is 15.7. The summed E-state index contributed by atoms with van der Waals surface area (Å²) >= 11 is 7.66. The van der Waals surface area contributed by atoms with Gasteiger partial charge in [-0.3, -0.25) is 4.79 Å². The molecule has 0 unspecified atom stereocenters. The lowest BCUT2D eigenvalue weighted by molar-refractivity contribution is -0.130. The maximum Gasteiger partial charge on any atom is 0.235 e. The molecule has 0 radical (unpaired) electrons. The predicted octanol–water partition coefficient (Wildman–Crippen LogP) is 4.18. The molecule has 1 fully saturated rings. The van der Waals surface area contributed by atoms with Crippen LogP contribution in [-0.4, -0.2) is 49.3 Å². The number of hydrogen-bond donors (Lipinski definition) is 0. The molecule has 138 valence electrons. The Balaban J connectivity index is 1.53. The molecule has 2 aromatic rings. The summed E-state index contributed by atoms with van der Waals surface area (Å²) in [5.41, 5.74) is 1.12. The lowest BCUT2D eigenvalue weighted by Gasteiger charge is -2.37. The standard InChI is InChI=1S/C20H23ClN2O2S/c1-15(26-19-8-6-18(25-2)7-9-19)20(24)23-12-10-22(11-13-23)17-5-3-4-16(21)14-17/h3-9,14-15H,10-13H2,1-2H3/t15-/m1/s1. The topological polar surface area (TPSA) is 32.8 Å². The highest BCUT2D eigenvalue weighted by molar-refractivity contribution is 8.00. The molecule has 0 N–H and O–H groups in total. The van der Waals surface area contributed by atoms with Gasteiger partial charge in [-0.05, 0) is 49.4 Å². The van der Waals surface area contributed by atoms with Gasteiger partial charge in [-0.15, -0.1) is 11.8 Å². The molecule has 26 heavy (non-hydrogen) atoms. The van der Waals surface area contributed by atoms with E-state index in [0.29, 0.717) is 0 Å². The largest absolute Gasteiger partial charge is 0.497 e. The number of hydrogen-bond acceptors (Lipinski definition) is 4. The zero-order valence-corrected chi connectivity index (χ0v) is 16.6. The number of amides is 1. The minimum Gasteiger partial charge on any atom is -0.497 e. The van der Waals surface area contributed by atoms with Gasteiger partial charge in [0.2, 0.25) is 5.91 Å². The van der Waals surface area contributed by atoms with Gasteiger partial charge in [-0.1, -0.05) is 17.7 Å². The number of halogens is 1. The van der Waals surface area contributed by atoms with Gasteiger partial charge < -0.3 is 14.5 Å². The number of rotatable bonds is 5. The number of ether oxygens (including phenoxy) is 1. The van der Waals surface area contributed by atoms with Crippen molar-refractivity contribution >= 4 is 35.0 Å². The Morgan fingerprint density at radius 3 is 2.42 bits per heavy atom. The molecule has 1 aliphatic rings. The van der Waals surface area contributed by atoms with Gasteiger partial charge >= 0.3 is 0 Å². The maximum absolute atomic E-state index is 12.8. The van der Waals surface area contributed by atoms with Crippen LogP contribution in [0.3, 0.4) is 0 Å². The molecule has 0 spiro atoms. The Morgan fingerprint density at radius 2 is 1.81 bits per heavy atom. The quantitative estimate of drug-likeness (QED) is 0.717. The summed E-state index contributed by atoms with van der Waals surface area (Å²) in [5, 5.41) is 0.631. The molecule has 0 aromatic heterocycles. The molecule has 4 nitrogen and oxygen atoms in total. The third-order valence-electron chi connectivity index (χ3n) is 4.48. The molecule has 1 amide bonds. The van der Waals surface area contributed by atoms with Crippen LogP contribution in [0.25, 0.3) is 0 Å². The molecule has 0 saturated carbocycles. The molecule has 0 bridgehead atoms. The summed E-state index contributed by atoms with van der Waals surface area (Å²) < 4.78 is 5.17. The highest BCUT2D eigenvalue weighted by Gasteiger charge is 2.25. The Hall–Kier alpha value is -1.85. The zero-order valence-electron chi connectivity index (χ0n) is 15.0. The molecular weight excluding hydrogens is 368 g/mol. The van der Waals surface area contributed by atoms with Crippen molar-refractivity contribution in [2.45, 2.75) is 17.1 Å². The minimum absolute atomic E-state index is 0.110. The molecular formula is C20H23ClN2O2S. The van der Waals surface area contributed by atoms with Crippen molar-refractivity contribution in [1.82, 2.24) is 4.90 Å². The van der Waals surface area contributed by atoms with E-state index >= 15 is 0 Å². The van der Waals surface area contributed by atoms with E-state index in [-0.39, 0.29) is 11.2 Å². The second-order valence-electron chi connectivity index (χ2n) is 6.23. The predicted molar refractivity (Wildman–Crippen MR) is 109 cm³/mol. The van der Waals surface area contributed by atoms with Crippen LogP contribution in [-0.2, 0) is 4.79 Å². The second-order valence-corrected chi connectivity index (χ2v) is 8.08. The van der Waals surface area contributed by atoms with Crippen LogP contribution in [0.15, 0.2) is 53.4 Å². The molecule has 0 aliphatic carbocycles. The number of carbonyl (C=O) groups is 1. The van der Waals surface area contributed by atoms with E-state index in [0.717, 1.165) is 47.5 Å². The van der Waals surface area contributed by atoms with Gasteiger partial charge in [0.05, 0.1) is 12.4 Å². The van der Waals surface area contributed by atoms with Crippen LogP contribution in [0, 0.1) is 0 Å². The first-order chi connectivity index (χ1) is 12.6. The van der Waals surface area contributed by atoms with E-state index < -0.39 is 0 Å². The Bertz CT molecular complexity index is 746. The van der Waals surface area contributed by atoms with Crippen LogP contribution in [0.5, 0.6) is 5.75 Å². The fraction of sp³-hybridized carbons (Fsp3) is 0.350. The first-order valence-electron chi connectivity index (χ1n) is 8.67. The van der Waals surface area contributed by atoms with Crippen LogP contribution in [0.1, 0.15) is 6.92 Å². The van der Waals surface area contributed by atoms with Crippen LogP contribution in [0.4, 0.5) is 5.69 Å². The first-order valence-corrected chi connectivity index (χ1v) is 9.92. The second kappa shape index (κ2) is 8.69. The molecule has 1 heterocycles. The normalized spacial score (nSPS) is 15.7.